The Morgan fingerprint density at radius 2 is 1.30 bits per heavy atom. The molecule has 4 rings (SSSR count). The van der Waals surface area contributed by atoms with Crippen molar-refractivity contribution in [2.45, 2.75) is 91.0 Å². The predicted octanol–water partition coefficient (Wildman–Crippen LogP) is 5.63. The number of nitrogens with zero attached hydrogens (tertiary/aromatic N) is 2. The highest BCUT2D eigenvalue weighted by Crippen LogP contribution is 2.58. The van der Waals surface area contributed by atoms with Gasteiger partial charge in [-0.1, -0.05) is 36.4 Å². The molecule has 0 amide bonds. The zero-order valence-corrected chi connectivity index (χ0v) is 33.6. The van der Waals surface area contributed by atoms with Crippen LogP contribution in [-0.4, -0.2) is 71.0 Å². The van der Waals surface area contributed by atoms with E-state index < -0.39 is 94.3 Å². The third kappa shape index (κ3) is 11.2. The first-order chi connectivity index (χ1) is 26.2. The predicted molar refractivity (Wildman–Crippen MR) is 199 cm³/mol. The van der Waals surface area contributed by atoms with Crippen LogP contribution in [0.15, 0.2) is 77.7 Å². The zero-order chi connectivity index (χ0) is 41.5. The van der Waals surface area contributed by atoms with E-state index in [4.69, 9.17) is 38.0 Å². The van der Waals surface area contributed by atoms with Gasteiger partial charge in [-0.2, -0.15) is 15.2 Å². The lowest BCUT2D eigenvalue weighted by Crippen LogP contribution is -2.49. The van der Waals surface area contributed by atoms with Gasteiger partial charge < -0.3 is 29.0 Å². The number of carbonyl (C=O) groups is 2. The van der Waals surface area contributed by atoms with Gasteiger partial charge in [0.1, 0.15) is 29.4 Å². The number of hydrogen-bond acceptors (Lipinski definition) is 14. The van der Waals surface area contributed by atoms with Crippen molar-refractivity contribution in [3.8, 4) is 11.5 Å². The molecule has 2 aromatic carbocycles. The highest BCUT2D eigenvalue weighted by molar-refractivity contribution is 7.52. The van der Waals surface area contributed by atoms with Gasteiger partial charge in [0.05, 0.1) is 36.9 Å². The lowest BCUT2D eigenvalue weighted by Gasteiger charge is -2.36. The van der Waals surface area contributed by atoms with Crippen LogP contribution in [0.25, 0.3) is 0 Å². The molecule has 1 fully saturated rings. The molecule has 21 heteroatoms. The van der Waals surface area contributed by atoms with Crippen molar-refractivity contribution in [2.24, 2.45) is 5.41 Å². The maximum absolute atomic E-state index is 16.9. The Morgan fingerprint density at radius 3 is 1.75 bits per heavy atom. The molecule has 7 atom stereocenters. The van der Waals surface area contributed by atoms with Crippen LogP contribution >= 0.6 is 15.5 Å². The molecule has 0 saturated carbocycles. The first-order valence-corrected chi connectivity index (χ1v) is 20.6. The molecule has 17 nitrogen and oxygen atoms in total. The molecule has 0 spiro atoms. The largest absolute Gasteiger partial charge is 0.462 e. The lowest BCUT2D eigenvalue weighted by molar-refractivity contribution is -0.153. The standard InChI is InChI=1S/C35H47F2N5O12P2/c1-22(2)50-30(43)24(5)40-55(46,53-26-14-10-8-11-15-26)48-20-28-34(7,35(36,37)32(52-28)42-19-18-29(38)39-33(42)45)21-49-56(47,54-27-16-12-9-13-17-27)41-25(6)31(44)51-23(3)4/h8-19,22-25,28,32H,20-21H2,1-7H3,(H,40,46)(H,41,47)(H2,38,39,45)/t24-,25+,28-,32+,34-,55?,56?/m1/s1. The topological polar surface area (TPSA) is 218 Å². The molecule has 1 aliphatic heterocycles. The Kier molecular flexibility index (Phi) is 14.6. The average molecular weight is 830 g/mol. The van der Waals surface area contributed by atoms with E-state index in [0.717, 1.165) is 19.2 Å². The fourth-order valence-corrected chi connectivity index (χ4v) is 8.29. The van der Waals surface area contributed by atoms with E-state index in [0.29, 0.717) is 4.57 Å². The van der Waals surface area contributed by atoms with Gasteiger partial charge in [0.15, 0.2) is 0 Å². The number of rotatable bonds is 19. The number of nitrogen functional groups attached to an aromatic ring is 1. The van der Waals surface area contributed by atoms with Crippen LogP contribution in [0.3, 0.4) is 0 Å². The van der Waals surface area contributed by atoms with E-state index in [1.807, 2.05) is 0 Å². The summed E-state index contributed by atoms with van der Waals surface area (Å²) in [5.41, 5.74) is 1.83. The molecule has 56 heavy (non-hydrogen) atoms. The minimum Gasteiger partial charge on any atom is -0.462 e. The van der Waals surface area contributed by atoms with Crippen LogP contribution in [0.4, 0.5) is 14.6 Å². The van der Waals surface area contributed by atoms with Gasteiger partial charge in [-0.25, -0.2) is 22.7 Å². The zero-order valence-electron chi connectivity index (χ0n) is 31.8. The summed E-state index contributed by atoms with van der Waals surface area (Å²) in [4.78, 5) is 41.8. The quantitative estimate of drug-likeness (QED) is 0.0985. The number of nitrogens with two attached hydrogens (primary N) is 1. The second-order valence-electron chi connectivity index (χ2n) is 13.6. The van der Waals surface area contributed by atoms with Gasteiger partial charge >= 0.3 is 39.0 Å². The summed E-state index contributed by atoms with van der Waals surface area (Å²) >= 11 is 0. The second-order valence-corrected chi connectivity index (χ2v) is 17.0. The maximum Gasteiger partial charge on any atom is 0.459 e. The third-order valence-electron chi connectivity index (χ3n) is 8.16. The molecule has 308 valence electrons. The number of carbonyl (C=O) groups excluding carboxylic acids is 2. The number of anilines is 1. The van der Waals surface area contributed by atoms with Gasteiger partial charge in [-0.15, -0.1) is 0 Å². The number of ether oxygens (including phenoxy) is 3. The van der Waals surface area contributed by atoms with Gasteiger partial charge in [0.25, 0.3) is 0 Å². The molecule has 4 N–H and O–H groups in total. The minimum absolute atomic E-state index is 0.000191. The van der Waals surface area contributed by atoms with Crippen molar-refractivity contribution in [3.63, 3.8) is 0 Å². The van der Waals surface area contributed by atoms with Crippen LogP contribution in [0.1, 0.15) is 54.7 Å². The van der Waals surface area contributed by atoms with E-state index >= 15 is 8.78 Å². The summed E-state index contributed by atoms with van der Waals surface area (Å²) in [6.07, 6.45) is -4.32. The molecule has 1 aliphatic rings. The number of benzene rings is 2. The first kappa shape index (κ1) is 44.5. The van der Waals surface area contributed by atoms with Crippen LogP contribution in [0, 0.1) is 5.41 Å². The molecule has 2 unspecified atom stereocenters. The molecule has 3 aromatic rings. The number of aromatic nitrogens is 2. The third-order valence-corrected chi connectivity index (χ3v) is 11.4. The lowest BCUT2D eigenvalue weighted by atomic mass is 9.80. The fraction of sp³-hybridized carbons (Fsp3) is 0.486. The van der Waals surface area contributed by atoms with Crippen LogP contribution < -0.4 is 30.6 Å². The normalized spacial score (nSPS) is 22.4. The van der Waals surface area contributed by atoms with Gasteiger partial charge in [-0.05, 0) is 78.8 Å². The number of halogens is 2. The van der Waals surface area contributed by atoms with Crippen molar-refractivity contribution in [2.75, 3.05) is 18.9 Å². The molecular weight excluding hydrogens is 782 g/mol. The van der Waals surface area contributed by atoms with Crippen molar-refractivity contribution in [1.29, 1.82) is 0 Å². The van der Waals surface area contributed by atoms with Crippen LogP contribution in [0.5, 0.6) is 11.5 Å². The Hall–Kier alpha value is -4.22. The van der Waals surface area contributed by atoms with Crippen molar-refractivity contribution < 1.29 is 59.8 Å². The number of para-hydroxylation sites is 2. The summed E-state index contributed by atoms with van der Waals surface area (Å²) in [5, 5.41) is 4.91. The number of hydrogen-bond donors (Lipinski definition) is 3. The molecule has 1 aromatic heterocycles. The Bertz CT molecular complexity index is 1960. The van der Waals surface area contributed by atoms with Crippen molar-refractivity contribution in [3.05, 3.63) is 83.4 Å². The average Bonchev–Trinajstić information content (AvgIpc) is 3.30. The van der Waals surface area contributed by atoms with Gasteiger partial charge in [0.2, 0.25) is 6.23 Å². The summed E-state index contributed by atoms with van der Waals surface area (Å²) < 4.78 is 102. The Labute approximate surface area is 322 Å². The molecule has 0 radical (unpaired) electrons. The van der Waals surface area contributed by atoms with Gasteiger partial charge in [-0.3, -0.25) is 23.2 Å². The SMILES string of the molecule is CC(C)OC(=O)[C@H](C)NP(=O)(OC[C@]1(C)[C@@H](COP(=O)(N[C@H](C)C(=O)OC(C)C)Oc2ccccc2)O[C@H](n2ccc(N)nc2=O)C1(F)F)Oc1ccccc1. The molecule has 2 heterocycles. The number of alkyl halides is 2. The number of esters is 2. The van der Waals surface area contributed by atoms with E-state index in [-0.39, 0.29) is 17.3 Å². The fourth-order valence-electron chi connectivity index (χ4n) is 5.20. The molecular formula is C35H47F2N5O12P2. The summed E-state index contributed by atoms with van der Waals surface area (Å²) in [6, 6.07) is 13.8. The summed E-state index contributed by atoms with van der Waals surface area (Å²) in [7, 11) is -9.39. The van der Waals surface area contributed by atoms with Crippen molar-refractivity contribution in [1.82, 2.24) is 19.7 Å². The van der Waals surface area contributed by atoms with E-state index in [1.165, 1.54) is 38.1 Å². The maximum atomic E-state index is 16.9. The first-order valence-electron chi connectivity index (χ1n) is 17.5. The van der Waals surface area contributed by atoms with E-state index in [1.54, 1.807) is 64.1 Å². The summed E-state index contributed by atoms with van der Waals surface area (Å²) in [5.74, 6) is -5.94. The molecule has 1 saturated heterocycles. The Morgan fingerprint density at radius 1 is 0.839 bits per heavy atom. The highest BCUT2D eigenvalue weighted by atomic mass is 31.2. The molecule has 0 bridgehead atoms. The van der Waals surface area contributed by atoms with E-state index in [9.17, 15) is 23.5 Å². The van der Waals surface area contributed by atoms with Crippen molar-refractivity contribution >= 4 is 33.2 Å². The highest BCUT2D eigenvalue weighted by Gasteiger charge is 2.69. The van der Waals surface area contributed by atoms with Crippen LogP contribution in [-0.2, 0) is 42.0 Å². The molecule has 0 aliphatic carbocycles. The summed E-state index contributed by atoms with van der Waals surface area (Å²) in [6.45, 7) is 7.98. The van der Waals surface area contributed by atoms with Crippen LogP contribution in [0.2, 0.25) is 0 Å². The monoisotopic (exact) mass is 829 g/mol. The number of nitrogens with one attached hydrogen (secondary N) is 2. The minimum atomic E-state index is -4.74. The van der Waals surface area contributed by atoms with Gasteiger partial charge in [0, 0.05) is 6.20 Å². The smallest absolute Gasteiger partial charge is 0.459 e. The Balaban J connectivity index is 1.73. The second kappa shape index (κ2) is 18.4. The van der Waals surface area contributed by atoms with E-state index in [2.05, 4.69) is 15.2 Å².